The molecule has 1 unspecified atom stereocenters. The van der Waals surface area contributed by atoms with E-state index in [-0.39, 0.29) is 41.9 Å². The maximum Gasteiger partial charge on any atom is 0.191 e. The Bertz CT molecular complexity index is 748. The van der Waals surface area contributed by atoms with Crippen molar-refractivity contribution in [2.24, 2.45) is 4.99 Å². The maximum atomic E-state index is 14.1. The number of nitrogens with zero attached hydrogens (tertiary/aromatic N) is 2. The fourth-order valence-corrected chi connectivity index (χ4v) is 2.62. The van der Waals surface area contributed by atoms with Crippen molar-refractivity contribution in [3.63, 3.8) is 0 Å². The van der Waals surface area contributed by atoms with Crippen molar-refractivity contribution in [1.29, 1.82) is 0 Å². The van der Waals surface area contributed by atoms with Crippen LogP contribution < -0.4 is 10.6 Å². The van der Waals surface area contributed by atoms with Crippen LogP contribution in [0.2, 0.25) is 0 Å². The Balaban J connectivity index is 0.00000364. The van der Waals surface area contributed by atoms with Gasteiger partial charge in [0.2, 0.25) is 0 Å². The number of hydrogen-bond acceptors (Lipinski definition) is 2. The number of rotatable bonds is 6. The molecule has 0 aliphatic rings. The molecule has 0 aliphatic carbocycles. The van der Waals surface area contributed by atoms with Crippen LogP contribution >= 0.6 is 24.0 Å². The van der Waals surface area contributed by atoms with Crippen LogP contribution in [-0.2, 0) is 6.54 Å². The van der Waals surface area contributed by atoms with Gasteiger partial charge in [0, 0.05) is 25.7 Å². The molecule has 2 rings (SSSR count). The lowest BCUT2D eigenvalue weighted by Gasteiger charge is -2.26. The maximum absolute atomic E-state index is 14.1. The number of nitrogens with one attached hydrogen (secondary N) is 2. The zero-order valence-electron chi connectivity index (χ0n) is 15.5. The van der Waals surface area contributed by atoms with Crippen LogP contribution in [-0.4, -0.2) is 38.5 Å². The molecule has 0 heterocycles. The molecule has 0 saturated carbocycles. The molecule has 2 aromatic rings. The summed E-state index contributed by atoms with van der Waals surface area (Å²) < 4.78 is 41.4. The molecular weight excluding hydrogens is 468 g/mol. The van der Waals surface area contributed by atoms with Crippen molar-refractivity contribution in [3.8, 4) is 0 Å². The quantitative estimate of drug-likeness (QED) is 0.367. The number of hydrogen-bond donors (Lipinski definition) is 2. The minimum absolute atomic E-state index is 0. The first-order valence-corrected chi connectivity index (χ1v) is 8.21. The van der Waals surface area contributed by atoms with Gasteiger partial charge in [-0.3, -0.25) is 4.99 Å². The van der Waals surface area contributed by atoms with E-state index in [1.54, 1.807) is 38.2 Å². The standard InChI is InChI=1S/C19H23F3N4.HI/c1-23-19(24-11-13-6-4-7-14(20)10-13)25-12-17(26(2)3)18-15(21)8-5-9-16(18)22;/h4-10,17H,11-12H2,1-3H3,(H2,23,24,25);1H. The van der Waals surface area contributed by atoms with Gasteiger partial charge < -0.3 is 15.5 Å². The minimum Gasteiger partial charge on any atom is -0.354 e. The zero-order chi connectivity index (χ0) is 19.1. The van der Waals surface area contributed by atoms with E-state index < -0.39 is 17.7 Å². The van der Waals surface area contributed by atoms with Gasteiger partial charge >= 0.3 is 0 Å². The van der Waals surface area contributed by atoms with Gasteiger partial charge in [0.05, 0.1) is 6.04 Å². The van der Waals surface area contributed by atoms with Gasteiger partial charge in [-0.1, -0.05) is 18.2 Å². The SMILES string of the molecule is CN=C(NCc1cccc(F)c1)NCC(c1c(F)cccc1F)N(C)C.I. The Hall–Kier alpha value is -1.81. The zero-order valence-corrected chi connectivity index (χ0v) is 17.8. The lowest BCUT2D eigenvalue weighted by molar-refractivity contribution is 0.282. The molecule has 0 aromatic heterocycles. The van der Waals surface area contributed by atoms with Crippen LogP contribution in [0.3, 0.4) is 0 Å². The second-order valence-electron chi connectivity index (χ2n) is 6.05. The van der Waals surface area contributed by atoms with Crippen LogP contribution in [0.15, 0.2) is 47.5 Å². The highest BCUT2D eigenvalue weighted by atomic mass is 127. The summed E-state index contributed by atoms with van der Waals surface area (Å²) in [6, 6.07) is 9.53. The highest BCUT2D eigenvalue weighted by Gasteiger charge is 2.22. The van der Waals surface area contributed by atoms with E-state index in [1.165, 1.54) is 30.3 Å². The Morgan fingerprint density at radius 1 is 1.04 bits per heavy atom. The molecule has 27 heavy (non-hydrogen) atoms. The van der Waals surface area contributed by atoms with E-state index in [4.69, 9.17) is 0 Å². The summed E-state index contributed by atoms with van der Waals surface area (Å²) in [6.07, 6.45) is 0. The van der Waals surface area contributed by atoms with Crippen molar-refractivity contribution in [3.05, 3.63) is 71.0 Å². The monoisotopic (exact) mass is 492 g/mol. The summed E-state index contributed by atoms with van der Waals surface area (Å²) in [6.45, 7) is 0.617. The van der Waals surface area contributed by atoms with Gasteiger partial charge in [-0.2, -0.15) is 0 Å². The van der Waals surface area contributed by atoms with Crippen molar-refractivity contribution in [2.45, 2.75) is 12.6 Å². The van der Waals surface area contributed by atoms with E-state index in [1.807, 2.05) is 0 Å². The van der Waals surface area contributed by atoms with Crippen LogP contribution in [0.25, 0.3) is 0 Å². The second kappa shape index (κ2) is 11.1. The summed E-state index contributed by atoms with van der Waals surface area (Å²) in [5.74, 6) is -1.03. The fraction of sp³-hybridized carbons (Fsp3) is 0.316. The molecule has 0 radical (unpaired) electrons. The second-order valence-corrected chi connectivity index (χ2v) is 6.05. The number of guanidine groups is 1. The van der Waals surface area contributed by atoms with E-state index in [0.717, 1.165) is 5.56 Å². The van der Waals surface area contributed by atoms with Crippen molar-refractivity contribution >= 4 is 29.9 Å². The number of halogens is 4. The molecule has 0 fully saturated rings. The Labute approximate surface area is 174 Å². The van der Waals surface area contributed by atoms with Crippen molar-refractivity contribution in [1.82, 2.24) is 15.5 Å². The van der Waals surface area contributed by atoms with Crippen LogP contribution in [0.5, 0.6) is 0 Å². The van der Waals surface area contributed by atoms with Gasteiger partial charge in [0.25, 0.3) is 0 Å². The molecule has 148 valence electrons. The largest absolute Gasteiger partial charge is 0.354 e. The van der Waals surface area contributed by atoms with E-state index in [0.29, 0.717) is 12.5 Å². The fourth-order valence-electron chi connectivity index (χ4n) is 2.62. The normalized spacial score (nSPS) is 12.5. The van der Waals surface area contributed by atoms with Gasteiger partial charge in [0.15, 0.2) is 5.96 Å². The highest BCUT2D eigenvalue weighted by Crippen LogP contribution is 2.23. The molecule has 4 nitrogen and oxygen atoms in total. The first-order valence-electron chi connectivity index (χ1n) is 8.21. The van der Waals surface area contributed by atoms with E-state index in [2.05, 4.69) is 15.6 Å². The van der Waals surface area contributed by atoms with Gasteiger partial charge in [-0.25, -0.2) is 13.2 Å². The molecule has 0 bridgehead atoms. The summed E-state index contributed by atoms with van der Waals surface area (Å²) in [4.78, 5) is 5.82. The molecule has 0 spiro atoms. The molecule has 0 amide bonds. The first kappa shape index (κ1) is 23.2. The lowest BCUT2D eigenvalue weighted by atomic mass is 10.0. The van der Waals surface area contributed by atoms with Crippen molar-refractivity contribution < 1.29 is 13.2 Å². The smallest absolute Gasteiger partial charge is 0.191 e. The third-order valence-electron chi connectivity index (χ3n) is 3.99. The van der Waals surface area contributed by atoms with Crippen LogP contribution in [0.4, 0.5) is 13.2 Å². The molecule has 0 aliphatic heterocycles. The molecule has 0 saturated heterocycles. The molecular formula is C19H24F3IN4. The van der Waals surface area contributed by atoms with Gasteiger partial charge in [-0.05, 0) is 43.9 Å². The van der Waals surface area contributed by atoms with Gasteiger partial charge in [-0.15, -0.1) is 24.0 Å². The molecule has 8 heteroatoms. The molecule has 2 N–H and O–H groups in total. The van der Waals surface area contributed by atoms with Gasteiger partial charge in [0.1, 0.15) is 17.5 Å². The average Bonchev–Trinajstić information content (AvgIpc) is 2.59. The third kappa shape index (κ3) is 6.69. The number of aliphatic imine (C=N–C) groups is 1. The topological polar surface area (TPSA) is 39.7 Å². The molecule has 1 atom stereocenters. The average molecular weight is 492 g/mol. The molecule has 2 aromatic carbocycles. The van der Waals surface area contributed by atoms with Crippen LogP contribution in [0.1, 0.15) is 17.2 Å². The number of benzene rings is 2. The highest BCUT2D eigenvalue weighted by molar-refractivity contribution is 14.0. The lowest BCUT2D eigenvalue weighted by Crippen LogP contribution is -2.41. The Morgan fingerprint density at radius 3 is 2.22 bits per heavy atom. The minimum atomic E-state index is -0.590. The van der Waals surface area contributed by atoms with Crippen molar-refractivity contribution in [2.75, 3.05) is 27.7 Å². The third-order valence-corrected chi connectivity index (χ3v) is 3.99. The summed E-state index contributed by atoms with van der Waals surface area (Å²) >= 11 is 0. The predicted octanol–water partition coefficient (Wildman–Crippen LogP) is 3.69. The summed E-state index contributed by atoms with van der Waals surface area (Å²) in [7, 11) is 5.09. The van der Waals surface area contributed by atoms with E-state index >= 15 is 0 Å². The Kier molecular flexibility index (Phi) is 9.57. The first-order chi connectivity index (χ1) is 12.4. The summed E-state index contributed by atoms with van der Waals surface area (Å²) in [5.41, 5.74) is 0.767. The van der Waals surface area contributed by atoms with Crippen LogP contribution in [0, 0.1) is 17.5 Å². The number of likely N-dealkylation sites (N-methyl/N-ethyl adjacent to an activating group) is 1. The predicted molar refractivity (Wildman–Crippen MR) is 113 cm³/mol. The Morgan fingerprint density at radius 2 is 1.67 bits per heavy atom. The van der Waals surface area contributed by atoms with E-state index in [9.17, 15) is 13.2 Å². The summed E-state index contributed by atoms with van der Waals surface area (Å²) in [5, 5.41) is 6.11.